The minimum absolute atomic E-state index is 0.127. The molecule has 3 nitrogen and oxygen atoms in total. The van der Waals surface area contributed by atoms with Crippen molar-refractivity contribution in [2.24, 2.45) is 0 Å². The fraction of sp³-hybridized carbons (Fsp3) is 0.667. The molecular weight excluding hydrogens is 232 g/mol. The lowest BCUT2D eigenvalue weighted by Crippen LogP contribution is -2.25. The topological polar surface area (TPSA) is 30.7 Å². The van der Waals surface area contributed by atoms with Crippen LogP contribution in [0.1, 0.15) is 18.7 Å². The van der Waals surface area contributed by atoms with Gasteiger partial charge in [0.15, 0.2) is 4.73 Å². The number of nitrogens with zero attached hydrogens (tertiary/aromatic N) is 3. The first kappa shape index (κ1) is 8.10. The van der Waals surface area contributed by atoms with E-state index in [1.54, 1.807) is 0 Å². The van der Waals surface area contributed by atoms with Crippen molar-refractivity contribution in [2.75, 3.05) is 0 Å². The van der Waals surface area contributed by atoms with Crippen LogP contribution < -0.4 is 0 Å². The van der Waals surface area contributed by atoms with Gasteiger partial charge in [0.25, 0.3) is 0 Å². The average molecular weight is 238 g/mol. The number of alkyl halides is 2. The third-order valence-corrected chi connectivity index (χ3v) is 2.49. The quantitative estimate of drug-likeness (QED) is 0.691. The van der Waals surface area contributed by atoms with Crippen LogP contribution in [0.4, 0.5) is 8.78 Å². The molecule has 0 radical (unpaired) electrons. The lowest BCUT2D eigenvalue weighted by molar-refractivity contribution is -0.0396. The van der Waals surface area contributed by atoms with Crippen LogP contribution >= 0.6 is 15.9 Å². The van der Waals surface area contributed by atoms with Crippen molar-refractivity contribution in [1.82, 2.24) is 14.8 Å². The van der Waals surface area contributed by atoms with Crippen LogP contribution in [0.2, 0.25) is 0 Å². The van der Waals surface area contributed by atoms with Crippen LogP contribution in [0.5, 0.6) is 0 Å². The van der Waals surface area contributed by atoms with Crippen LogP contribution in [-0.2, 0) is 12.5 Å². The Morgan fingerprint density at radius 2 is 2.17 bits per heavy atom. The molecule has 0 saturated heterocycles. The second kappa shape index (κ2) is 2.48. The highest BCUT2D eigenvalue weighted by Crippen LogP contribution is 2.36. The third-order valence-electron chi connectivity index (χ3n) is 1.91. The summed E-state index contributed by atoms with van der Waals surface area (Å²) in [5.74, 6) is -3.03. The van der Waals surface area contributed by atoms with E-state index >= 15 is 0 Å². The van der Waals surface area contributed by atoms with Gasteiger partial charge in [-0.15, -0.1) is 10.2 Å². The van der Waals surface area contributed by atoms with E-state index in [1.165, 1.54) is 4.57 Å². The first-order valence-corrected chi connectivity index (χ1v) is 4.37. The Hall–Kier alpha value is -0.520. The largest absolute Gasteiger partial charge is 0.306 e. The summed E-state index contributed by atoms with van der Waals surface area (Å²) in [4.78, 5) is 0. The number of rotatable bonds is 0. The maximum Gasteiger partial charge on any atom is 0.306 e. The summed E-state index contributed by atoms with van der Waals surface area (Å²) in [6.07, 6.45) is 0.342. The van der Waals surface area contributed by atoms with Gasteiger partial charge >= 0.3 is 5.92 Å². The lowest BCUT2D eigenvalue weighted by Gasteiger charge is -2.21. The molecule has 0 unspecified atom stereocenters. The molecule has 0 atom stereocenters. The Kier molecular flexibility index (Phi) is 1.67. The van der Waals surface area contributed by atoms with Crippen molar-refractivity contribution in [2.45, 2.75) is 25.3 Å². The highest BCUT2D eigenvalue weighted by atomic mass is 79.9. The van der Waals surface area contributed by atoms with Gasteiger partial charge in [0.1, 0.15) is 0 Å². The van der Waals surface area contributed by atoms with E-state index in [0.717, 1.165) is 0 Å². The molecule has 1 aromatic heterocycles. The monoisotopic (exact) mass is 237 g/mol. The predicted octanol–water partition coefficient (Wildman–Crippen LogP) is 1.93. The minimum Gasteiger partial charge on any atom is -0.301 e. The molecule has 1 aliphatic rings. The van der Waals surface area contributed by atoms with Gasteiger partial charge in [-0.3, -0.25) is 0 Å². The SMILES string of the molecule is FC1(F)CCCn2c(Br)nnc21. The van der Waals surface area contributed by atoms with Crippen LogP contribution in [0.15, 0.2) is 4.73 Å². The highest BCUT2D eigenvalue weighted by molar-refractivity contribution is 9.10. The van der Waals surface area contributed by atoms with Gasteiger partial charge in [0.05, 0.1) is 0 Å². The Balaban J connectivity index is 2.53. The first-order chi connectivity index (χ1) is 5.61. The maximum absolute atomic E-state index is 13.1. The fourth-order valence-corrected chi connectivity index (χ4v) is 1.75. The molecule has 0 bridgehead atoms. The number of halogens is 3. The molecule has 1 aliphatic heterocycles. The molecule has 0 fully saturated rings. The molecule has 0 aliphatic carbocycles. The molecule has 0 N–H and O–H groups in total. The van der Waals surface area contributed by atoms with E-state index in [0.29, 0.717) is 17.7 Å². The highest BCUT2D eigenvalue weighted by Gasteiger charge is 2.40. The van der Waals surface area contributed by atoms with Crippen LogP contribution in [0.3, 0.4) is 0 Å². The molecule has 66 valence electrons. The average Bonchev–Trinajstić information content (AvgIpc) is 2.33. The maximum atomic E-state index is 13.1. The molecule has 0 amide bonds. The normalized spacial score (nSPS) is 20.6. The zero-order chi connectivity index (χ0) is 8.77. The van der Waals surface area contributed by atoms with Gasteiger partial charge < -0.3 is 4.57 Å². The summed E-state index contributed by atoms with van der Waals surface area (Å²) in [6, 6.07) is 0. The zero-order valence-electron chi connectivity index (χ0n) is 6.10. The van der Waals surface area contributed by atoms with Gasteiger partial charge in [-0.05, 0) is 22.4 Å². The molecule has 6 heteroatoms. The van der Waals surface area contributed by atoms with Crippen molar-refractivity contribution < 1.29 is 8.78 Å². The molecule has 2 rings (SSSR count). The lowest BCUT2D eigenvalue weighted by atomic mass is 10.1. The second-order valence-electron chi connectivity index (χ2n) is 2.75. The van der Waals surface area contributed by atoms with Crippen LogP contribution in [0, 0.1) is 0 Å². The van der Waals surface area contributed by atoms with Crippen molar-refractivity contribution in [1.29, 1.82) is 0 Å². The van der Waals surface area contributed by atoms with Crippen molar-refractivity contribution in [3.8, 4) is 0 Å². The molecule has 12 heavy (non-hydrogen) atoms. The second-order valence-corrected chi connectivity index (χ2v) is 3.46. The Morgan fingerprint density at radius 3 is 2.83 bits per heavy atom. The third kappa shape index (κ3) is 1.05. The summed E-state index contributed by atoms with van der Waals surface area (Å²) in [6.45, 7) is 0.568. The first-order valence-electron chi connectivity index (χ1n) is 3.58. The Morgan fingerprint density at radius 1 is 1.42 bits per heavy atom. The van der Waals surface area contributed by atoms with E-state index < -0.39 is 5.92 Å². The number of fused-ring (bicyclic) bond motifs is 1. The van der Waals surface area contributed by atoms with Crippen molar-refractivity contribution in [3.63, 3.8) is 0 Å². The summed E-state index contributed by atoms with van der Waals surface area (Å²) in [7, 11) is 0. The van der Waals surface area contributed by atoms with Gasteiger partial charge in [-0.1, -0.05) is 0 Å². The number of aromatic nitrogens is 3. The van der Waals surface area contributed by atoms with Crippen molar-refractivity contribution in [3.05, 3.63) is 10.6 Å². The van der Waals surface area contributed by atoms with Crippen LogP contribution in [-0.4, -0.2) is 14.8 Å². The van der Waals surface area contributed by atoms with Gasteiger partial charge in [-0.2, -0.15) is 8.78 Å². The smallest absolute Gasteiger partial charge is 0.301 e. The van der Waals surface area contributed by atoms with E-state index in [4.69, 9.17) is 0 Å². The van der Waals surface area contributed by atoms with E-state index in [1.807, 2.05) is 0 Å². The number of hydrogen-bond acceptors (Lipinski definition) is 2. The summed E-state index contributed by atoms with van der Waals surface area (Å²) in [5, 5.41) is 6.97. The molecule has 1 aromatic rings. The molecule has 0 spiro atoms. The van der Waals surface area contributed by atoms with Gasteiger partial charge in [0, 0.05) is 13.0 Å². The van der Waals surface area contributed by atoms with Gasteiger partial charge in [-0.25, -0.2) is 0 Å². The number of hydrogen-bond donors (Lipinski definition) is 0. The predicted molar refractivity (Wildman–Crippen MR) is 40.9 cm³/mol. The summed E-state index contributed by atoms with van der Waals surface area (Å²) in [5.41, 5.74) is 0. The minimum atomic E-state index is -2.81. The molecule has 2 heterocycles. The summed E-state index contributed by atoms with van der Waals surface area (Å²) >= 11 is 3.06. The van der Waals surface area contributed by atoms with Crippen molar-refractivity contribution >= 4 is 15.9 Å². The standard InChI is InChI=1S/C6H6BrF2N3/c7-5-11-10-4-6(8,9)2-1-3-12(4)5/h1-3H2. The van der Waals surface area contributed by atoms with Crippen LogP contribution in [0.25, 0.3) is 0 Å². The van der Waals surface area contributed by atoms with E-state index in [2.05, 4.69) is 26.1 Å². The summed E-state index contributed by atoms with van der Waals surface area (Å²) < 4.78 is 27.9. The van der Waals surface area contributed by atoms with E-state index in [9.17, 15) is 8.78 Å². The molecule has 0 saturated carbocycles. The Bertz CT molecular complexity index is 310. The Labute approximate surface area is 75.9 Å². The molecular formula is C6H6BrF2N3. The van der Waals surface area contributed by atoms with E-state index in [-0.39, 0.29) is 12.2 Å². The molecule has 0 aromatic carbocycles. The zero-order valence-corrected chi connectivity index (χ0v) is 7.68. The van der Waals surface area contributed by atoms with Gasteiger partial charge in [0.2, 0.25) is 5.82 Å². The fourth-order valence-electron chi connectivity index (χ4n) is 1.32.